The van der Waals surface area contributed by atoms with Crippen molar-refractivity contribution in [3.05, 3.63) is 57.4 Å². The highest BCUT2D eigenvalue weighted by Gasteiger charge is 2.51. The second-order valence-corrected chi connectivity index (χ2v) is 6.66. The minimum absolute atomic E-state index is 0.397. The highest BCUT2D eigenvalue weighted by Crippen LogP contribution is 2.36. The SMILES string of the molecule is CC1(C)OB(c2ccc(-n3ccc(=O)[nH]c3=O)cc2)OC1(C)C. The number of hydrogen-bond donors (Lipinski definition) is 1. The van der Waals surface area contributed by atoms with Crippen LogP contribution < -0.4 is 16.7 Å². The molecule has 3 rings (SSSR count). The van der Waals surface area contributed by atoms with Crippen molar-refractivity contribution >= 4 is 12.6 Å². The van der Waals surface area contributed by atoms with Crippen molar-refractivity contribution in [3.8, 4) is 5.69 Å². The molecular formula is C16H19BN2O4. The average Bonchev–Trinajstić information content (AvgIpc) is 2.68. The summed E-state index contributed by atoms with van der Waals surface area (Å²) in [7, 11) is -0.443. The molecule has 0 atom stereocenters. The van der Waals surface area contributed by atoms with Gasteiger partial charge in [-0.15, -0.1) is 0 Å². The Bertz CT molecular complexity index is 820. The number of aromatic amines is 1. The van der Waals surface area contributed by atoms with Gasteiger partial charge in [-0.1, -0.05) is 12.1 Å². The summed E-state index contributed by atoms with van der Waals surface area (Å²) in [5.41, 5.74) is -0.143. The topological polar surface area (TPSA) is 73.3 Å². The van der Waals surface area contributed by atoms with E-state index in [0.29, 0.717) is 5.69 Å². The average molecular weight is 314 g/mol. The highest BCUT2D eigenvalue weighted by molar-refractivity contribution is 6.62. The fourth-order valence-corrected chi connectivity index (χ4v) is 2.39. The number of rotatable bonds is 2. The maximum atomic E-state index is 11.8. The fraction of sp³-hybridized carbons (Fsp3) is 0.375. The van der Waals surface area contributed by atoms with Gasteiger partial charge in [-0.2, -0.15) is 0 Å². The molecule has 2 heterocycles. The number of nitrogens with zero attached hydrogens (tertiary/aromatic N) is 1. The summed E-state index contributed by atoms with van der Waals surface area (Å²) in [6.07, 6.45) is 1.45. The van der Waals surface area contributed by atoms with E-state index in [4.69, 9.17) is 9.31 Å². The van der Waals surface area contributed by atoms with E-state index in [2.05, 4.69) is 4.98 Å². The minimum atomic E-state index is -0.471. The summed E-state index contributed by atoms with van der Waals surface area (Å²) < 4.78 is 13.4. The van der Waals surface area contributed by atoms with Gasteiger partial charge in [0.1, 0.15) is 0 Å². The standard InChI is InChI=1S/C16H19BN2O4/c1-15(2)16(3,4)23-17(22-15)11-5-7-12(8-6-11)19-10-9-13(20)18-14(19)21/h5-10H,1-4H3,(H,18,20,21). The second-order valence-electron chi connectivity index (χ2n) is 6.66. The van der Waals surface area contributed by atoms with Crippen molar-refractivity contribution < 1.29 is 9.31 Å². The molecule has 1 fully saturated rings. The molecule has 120 valence electrons. The van der Waals surface area contributed by atoms with Crippen LogP contribution in [0, 0.1) is 0 Å². The van der Waals surface area contributed by atoms with Crippen LogP contribution in [-0.4, -0.2) is 27.9 Å². The second kappa shape index (κ2) is 5.21. The number of benzene rings is 1. The van der Waals surface area contributed by atoms with Gasteiger partial charge in [0.15, 0.2) is 0 Å². The number of aromatic nitrogens is 2. The Morgan fingerprint density at radius 1 is 0.957 bits per heavy atom. The van der Waals surface area contributed by atoms with Crippen molar-refractivity contribution in [2.24, 2.45) is 0 Å². The van der Waals surface area contributed by atoms with Crippen LogP contribution in [0.2, 0.25) is 0 Å². The normalized spacial score (nSPS) is 19.0. The molecule has 0 bridgehead atoms. The van der Waals surface area contributed by atoms with Gasteiger partial charge in [0.05, 0.1) is 16.9 Å². The lowest BCUT2D eigenvalue weighted by Gasteiger charge is -2.32. The lowest BCUT2D eigenvalue weighted by Crippen LogP contribution is -2.41. The van der Waals surface area contributed by atoms with Crippen molar-refractivity contribution in [2.75, 3.05) is 0 Å². The zero-order valence-corrected chi connectivity index (χ0v) is 13.6. The Labute approximate surface area is 134 Å². The van der Waals surface area contributed by atoms with Gasteiger partial charge in [-0.3, -0.25) is 14.3 Å². The van der Waals surface area contributed by atoms with Gasteiger partial charge in [-0.25, -0.2) is 4.79 Å². The maximum Gasteiger partial charge on any atom is 0.494 e. The van der Waals surface area contributed by atoms with Gasteiger partial charge >= 0.3 is 12.8 Å². The van der Waals surface area contributed by atoms with Crippen molar-refractivity contribution in [2.45, 2.75) is 38.9 Å². The molecule has 0 aliphatic carbocycles. The zero-order chi connectivity index (χ0) is 16.8. The number of H-pyrrole nitrogens is 1. The molecule has 0 spiro atoms. The molecule has 0 amide bonds. The lowest BCUT2D eigenvalue weighted by molar-refractivity contribution is 0.00578. The Morgan fingerprint density at radius 3 is 2.04 bits per heavy atom. The Balaban J connectivity index is 1.89. The van der Waals surface area contributed by atoms with Crippen LogP contribution in [0.4, 0.5) is 0 Å². The minimum Gasteiger partial charge on any atom is -0.399 e. The molecule has 0 unspecified atom stereocenters. The van der Waals surface area contributed by atoms with E-state index in [0.717, 1.165) is 5.46 Å². The monoisotopic (exact) mass is 314 g/mol. The van der Waals surface area contributed by atoms with Crippen molar-refractivity contribution in [3.63, 3.8) is 0 Å². The molecule has 6 nitrogen and oxygen atoms in total. The first-order valence-electron chi connectivity index (χ1n) is 7.48. The predicted molar refractivity (Wildman–Crippen MR) is 88.4 cm³/mol. The molecule has 1 N–H and O–H groups in total. The molecule has 0 saturated carbocycles. The summed E-state index contributed by atoms with van der Waals surface area (Å²) in [4.78, 5) is 25.2. The smallest absolute Gasteiger partial charge is 0.399 e. The van der Waals surface area contributed by atoms with Gasteiger partial charge in [0.2, 0.25) is 0 Å². The van der Waals surface area contributed by atoms with Crippen LogP contribution in [0.25, 0.3) is 5.69 Å². The third kappa shape index (κ3) is 2.77. The van der Waals surface area contributed by atoms with Gasteiger partial charge in [0, 0.05) is 12.3 Å². The molecule has 7 heteroatoms. The third-order valence-corrected chi connectivity index (χ3v) is 4.52. The molecule has 1 aromatic carbocycles. The van der Waals surface area contributed by atoms with E-state index in [9.17, 15) is 9.59 Å². The summed E-state index contributed by atoms with van der Waals surface area (Å²) in [5.74, 6) is 0. The largest absolute Gasteiger partial charge is 0.494 e. The van der Waals surface area contributed by atoms with E-state index in [1.165, 1.54) is 16.8 Å². The highest BCUT2D eigenvalue weighted by atomic mass is 16.7. The van der Waals surface area contributed by atoms with E-state index in [1.54, 1.807) is 12.1 Å². The molecule has 2 aromatic rings. The summed E-state index contributed by atoms with van der Waals surface area (Å²) in [5, 5.41) is 0. The molecule has 0 radical (unpaired) electrons. The summed E-state index contributed by atoms with van der Waals surface area (Å²) in [6.45, 7) is 8.00. The Morgan fingerprint density at radius 2 is 1.52 bits per heavy atom. The lowest BCUT2D eigenvalue weighted by atomic mass is 9.79. The number of hydrogen-bond acceptors (Lipinski definition) is 4. The quantitative estimate of drug-likeness (QED) is 0.833. The summed E-state index contributed by atoms with van der Waals surface area (Å²) in [6, 6.07) is 8.60. The first-order chi connectivity index (χ1) is 10.7. The Hall–Kier alpha value is -2.12. The van der Waals surface area contributed by atoms with Gasteiger partial charge in [0.25, 0.3) is 5.56 Å². The first kappa shape index (κ1) is 15.8. The van der Waals surface area contributed by atoms with Gasteiger partial charge < -0.3 is 9.31 Å². The predicted octanol–water partition coefficient (Wildman–Crippen LogP) is 0.825. The molecule has 1 aromatic heterocycles. The first-order valence-corrected chi connectivity index (χ1v) is 7.48. The van der Waals surface area contributed by atoms with Crippen LogP contribution >= 0.6 is 0 Å². The molecule has 23 heavy (non-hydrogen) atoms. The molecule has 1 saturated heterocycles. The molecule has 1 aliphatic rings. The third-order valence-electron chi connectivity index (χ3n) is 4.52. The van der Waals surface area contributed by atoms with Crippen molar-refractivity contribution in [1.82, 2.24) is 9.55 Å². The maximum absolute atomic E-state index is 11.8. The van der Waals surface area contributed by atoms with E-state index in [1.807, 2.05) is 39.8 Å². The van der Waals surface area contributed by atoms with Crippen LogP contribution in [0.15, 0.2) is 46.1 Å². The fourth-order valence-electron chi connectivity index (χ4n) is 2.39. The zero-order valence-electron chi connectivity index (χ0n) is 13.6. The molecular weight excluding hydrogens is 295 g/mol. The van der Waals surface area contributed by atoms with Gasteiger partial charge in [-0.05, 0) is 45.3 Å². The van der Waals surface area contributed by atoms with Crippen LogP contribution in [0.5, 0.6) is 0 Å². The van der Waals surface area contributed by atoms with Crippen LogP contribution in [0.1, 0.15) is 27.7 Å². The number of nitrogens with one attached hydrogen (secondary N) is 1. The summed E-state index contributed by atoms with van der Waals surface area (Å²) >= 11 is 0. The molecule has 1 aliphatic heterocycles. The van der Waals surface area contributed by atoms with E-state index in [-0.39, 0.29) is 0 Å². The van der Waals surface area contributed by atoms with Crippen LogP contribution in [-0.2, 0) is 9.31 Å². The van der Waals surface area contributed by atoms with E-state index >= 15 is 0 Å². The van der Waals surface area contributed by atoms with Crippen molar-refractivity contribution in [1.29, 1.82) is 0 Å². The Kier molecular flexibility index (Phi) is 3.57. The van der Waals surface area contributed by atoms with Crippen LogP contribution in [0.3, 0.4) is 0 Å². The van der Waals surface area contributed by atoms with E-state index < -0.39 is 29.6 Å².